The van der Waals surface area contributed by atoms with Gasteiger partial charge < -0.3 is 84.6 Å². The number of Topliss-reactive ketones (excluding diaryl/α,β-unsaturated/α-hetero) is 5. The van der Waals surface area contributed by atoms with E-state index in [2.05, 4.69) is 69.1 Å². The van der Waals surface area contributed by atoms with Crippen LogP contribution in [-0.4, -0.2) is 190 Å². The molecule has 0 spiro atoms. The second-order valence-electron chi connectivity index (χ2n) is 38.9. The van der Waals surface area contributed by atoms with E-state index < -0.39 is 93.8 Å². The Bertz CT molecular complexity index is 4590. The van der Waals surface area contributed by atoms with E-state index in [1.165, 1.54) is 0 Å². The van der Waals surface area contributed by atoms with E-state index in [0.717, 1.165) is 53.0 Å². The Morgan fingerprint density at radius 2 is 0.718 bits per heavy atom. The molecule has 16 N–H and O–H groups in total. The summed E-state index contributed by atoms with van der Waals surface area (Å²) in [7, 11) is 0. The fourth-order valence-electron chi connectivity index (χ4n) is 13.7. The lowest BCUT2D eigenvalue weighted by Gasteiger charge is -2.24. The maximum absolute atomic E-state index is 13.5. The van der Waals surface area contributed by atoms with Gasteiger partial charge in [0.2, 0.25) is 41.4 Å². The number of nitrogens with zero attached hydrogens (tertiary/aromatic N) is 1. The third kappa shape index (κ3) is 57.0. The van der Waals surface area contributed by atoms with Crippen LogP contribution in [-0.2, 0) is 122 Å². The van der Waals surface area contributed by atoms with Crippen molar-refractivity contribution in [2.75, 3.05) is 59.7 Å². The largest absolute Gasteiger partial charge is 0.460 e. The van der Waals surface area contributed by atoms with Crippen LogP contribution >= 0.6 is 38.5 Å². The summed E-state index contributed by atoms with van der Waals surface area (Å²) in [6, 6.07) is 16.4. The molecule has 1 aliphatic rings. The highest BCUT2D eigenvalue weighted by Crippen LogP contribution is 2.27. The first-order chi connectivity index (χ1) is 66.7. The molecule has 0 saturated heterocycles. The van der Waals surface area contributed by atoms with Crippen molar-refractivity contribution < 1.29 is 110 Å². The molecule has 37 nitrogen and oxygen atoms in total. The fraction of sp³-hybridized carbons (Fsp3) is 0.612. The Labute approximate surface area is 859 Å². The van der Waals surface area contributed by atoms with Gasteiger partial charge in [-0.3, -0.25) is 86.4 Å². The van der Waals surface area contributed by atoms with Crippen molar-refractivity contribution in [3.8, 4) is 0 Å². The number of ether oxygens (including phenoxy) is 3. The average molecular weight is 2170 g/mol. The second kappa shape index (κ2) is 69.5. The van der Waals surface area contributed by atoms with Gasteiger partial charge in [-0.15, -0.1) is 0 Å². The Morgan fingerprint density at radius 3 is 1.08 bits per heavy atom. The number of rotatable bonds is 62. The predicted octanol–water partition coefficient (Wildman–Crippen LogP) is 12.5. The zero-order valence-corrected chi connectivity index (χ0v) is 89.9. The minimum atomic E-state index is -0.857. The lowest BCUT2D eigenvalue weighted by atomic mass is 9.88. The first-order valence-corrected chi connectivity index (χ1v) is 51.6. The molecule has 1 heterocycles. The molecule has 142 heavy (non-hydrogen) atoms. The molecule has 0 saturated carbocycles. The fourth-order valence-corrected chi connectivity index (χ4v) is 14.3. The van der Waals surface area contributed by atoms with Gasteiger partial charge in [-0.1, -0.05) is 162 Å². The first kappa shape index (κ1) is 129. The average Bonchev–Trinajstić information content (AvgIpc) is 1.33. The number of anilines is 2. The highest BCUT2D eigenvalue weighted by atomic mass is 127. The van der Waals surface area contributed by atoms with E-state index in [9.17, 15) is 95.9 Å². The van der Waals surface area contributed by atoms with Crippen molar-refractivity contribution >= 4 is 168 Å². The predicted molar refractivity (Wildman–Crippen MR) is 554 cm³/mol. The molecule has 4 rings (SSSR count). The number of halogens is 2. The summed E-state index contributed by atoms with van der Waals surface area (Å²) in [6.07, 6.45) is 11.5. The summed E-state index contributed by atoms with van der Waals surface area (Å²) in [5, 5.41) is 27.5. The van der Waals surface area contributed by atoms with Crippen LogP contribution in [0.4, 0.5) is 25.8 Å². The van der Waals surface area contributed by atoms with Gasteiger partial charge in [0, 0.05) is 125 Å². The van der Waals surface area contributed by atoms with Gasteiger partial charge in [0.1, 0.15) is 37.9 Å². The van der Waals surface area contributed by atoms with E-state index in [-0.39, 0.29) is 191 Å². The monoisotopic (exact) mass is 2160 g/mol. The summed E-state index contributed by atoms with van der Waals surface area (Å²) in [5.74, 6) is -7.44. The molecule has 792 valence electrons. The van der Waals surface area contributed by atoms with Crippen molar-refractivity contribution in [1.82, 2.24) is 47.4 Å². The number of primary amides is 3. The van der Waals surface area contributed by atoms with Gasteiger partial charge in [0.15, 0.2) is 17.3 Å². The normalized spacial score (nSPS) is 12.9. The molecule has 3 aromatic rings. The van der Waals surface area contributed by atoms with Gasteiger partial charge >= 0.3 is 36.0 Å². The van der Waals surface area contributed by atoms with Crippen LogP contribution in [0.2, 0.25) is 0 Å². The third-order valence-electron chi connectivity index (χ3n) is 22.1. The molecule has 0 radical (unpaired) electrons. The van der Waals surface area contributed by atoms with Gasteiger partial charge in [-0.25, -0.2) is 14.4 Å². The number of carbonyl (C=O) groups excluding carboxylic acids is 20. The second-order valence-corrected chi connectivity index (χ2v) is 40.2. The van der Waals surface area contributed by atoms with E-state index in [0.29, 0.717) is 117 Å². The van der Waals surface area contributed by atoms with Crippen molar-refractivity contribution in [3.63, 3.8) is 0 Å². The molecule has 39 heteroatoms. The van der Waals surface area contributed by atoms with Gasteiger partial charge in [-0.2, -0.15) is 0 Å². The number of benzene rings is 3. The molecule has 0 aliphatic carbocycles. The number of urea groups is 3. The third-order valence-corrected chi connectivity index (χ3v) is 23.4. The minimum absolute atomic E-state index is 0.0115. The number of nitrogens with two attached hydrogens (primary N) is 3. The van der Waals surface area contributed by atoms with Crippen LogP contribution in [0.1, 0.15) is 281 Å². The minimum Gasteiger partial charge on any atom is -0.460 e. The summed E-state index contributed by atoms with van der Waals surface area (Å²) in [4.78, 5) is 247. The van der Waals surface area contributed by atoms with Crippen LogP contribution in [0.25, 0.3) is 0 Å². The number of nitrogens with one attached hydrogen (secondary N) is 10. The molecule has 15 amide bonds. The standard InChI is InChI=1S/C37H53N5O9.C33H51BrN4O7.C31H48IN5O7.C2H6/c1-24(2)28(21-27(43)10-7-6-8-18-39-31(45)22-42-32(46)16-17-33(42)47)34(48)41-29(11-9-19-40-36(38)50)30(44)20-25-12-14-26(15-13-25)23-51-35(49)37(3,4)5;1-22(2)29(38-28(41)13-9-7-6-8-12-26(39)20-34)27(40)19-24(11-10-18-36-32(35)44)30(42)37-25-16-14-23(15-17-25)21-45-31(43)33(3,4)5;1-20(2)27(37-25(39)10-6-7-15-34-26(40)18-32)24(38)17-22(9-8-16-35-30(33)43)28(41)36-23-13-11-21(12-14-23)19-44-29(42)31(3,4)5;1-2/h12-17,24,28-29H,6-11,18-23H2,1-5H3,(H,39,45)(H,41,48)(H3,38,40,50);14-17,22,24,29H,6-13,18-21H2,1-5H3,(H,37,42)(H,38,41)(H3,35,36,44);11-14,20,22,27H,6-10,15-19H2,1-5H3,(H,34,40)(H,36,41)(H,37,39)(H3,33,35,43);1-2H3/t28-,29-;24-,29+;22-,27+;/m011./s1. The van der Waals surface area contributed by atoms with E-state index in [4.69, 9.17) is 31.4 Å². The number of amides is 15. The number of hydrogen-bond donors (Lipinski definition) is 13. The first-order valence-electron chi connectivity index (χ1n) is 48.9. The highest BCUT2D eigenvalue weighted by Gasteiger charge is 2.35. The van der Waals surface area contributed by atoms with Crippen molar-refractivity contribution in [2.24, 2.45) is 69.0 Å². The van der Waals surface area contributed by atoms with Crippen LogP contribution in [0.15, 0.2) is 84.9 Å². The van der Waals surface area contributed by atoms with E-state index >= 15 is 0 Å². The molecule has 6 atom stereocenters. The maximum atomic E-state index is 13.5. The number of hydrogen-bond acceptors (Lipinski definition) is 23. The number of carbonyl (C=O) groups is 20. The molecule has 3 aromatic carbocycles. The van der Waals surface area contributed by atoms with E-state index in [1.54, 1.807) is 135 Å². The van der Waals surface area contributed by atoms with Crippen molar-refractivity contribution in [3.05, 3.63) is 107 Å². The Balaban J connectivity index is 0.00000106. The quantitative estimate of drug-likeness (QED) is 0.00623. The zero-order chi connectivity index (χ0) is 107. The molecule has 0 unspecified atom stereocenters. The maximum Gasteiger partial charge on any atom is 0.312 e. The number of imide groups is 1. The molecular weight excluding hydrogens is 2010 g/mol. The van der Waals surface area contributed by atoms with Crippen LogP contribution in [0, 0.1) is 51.8 Å². The number of unbranched alkanes of at least 4 members (excludes halogenated alkanes) is 6. The van der Waals surface area contributed by atoms with Crippen LogP contribution < -0.4 is 70.4 Å². The van der Waals surface area contributed by atoms with Gasteiger partial charge in [-0.05, 0) is 204 Å². The summed E-state index contributed by atoms with van der Waals surface area (Å²) >= 11 is 5.13. The smallest absolute Gasteiger partial charge is 0.312 e. The Kier molecular flexibility index (Phi) is 63.0. The SMILES string of the molecule is CC.CC(C)[C@H](CC(=O)CCCCCNC(=O)CN1C(=O)C=CC1=O)C(=O)N[C@@H](CCCNC(N)=O)C(=O)Cc1ccc(COC(=O)C(C)(C)C)cc1.CC(C)[C@H](NC(=O)CCCCCCC(=O)CBr)C(=O)C[C@@H](CCCNC(N)=O)C(=O)Nc1ccc(COC(=O)C(C)(C)C)cc1.CC(C)[C@H](NC(=O)CCCCNC(=O)CI)C(=O)C[C@@H](CCCNC(N)=O)C(=O)Nc1ccc(COC(=O)C(C)(C)C)cc1. The highest BCUT2D eigenvalue weighted by molar-refractivity contribution is 14.1. The van der Waals surface area contributed by atoms with Crippen LogP contribution in [0.5, 0.6) is 0 Å². The van der Waals surface area contributed by atoms with Gasteiger partial charge in [0.25, 0.3) is 11.8 Å². The number of alkyl halides is 2. The Morgan fingerprint density at radius 1 is 0.380 bits per heavy atom. The Hall–Kier alpha value is -11.4. The summed E-state index contributed by atoms with van der Waals surface area (Å²) < 4.78 is 16.4. The number of esters is 3. The molecule has 0 fully saturated rings. The topological polar surface area (TPSA) is 571 Å². The van der Waals surface area contributed by atoms with Crippen molar-refractivity contribution in [1.29, 1.82) is 0 Å². The number of ketones is 5. The lowest BCUT2D eigenvalue weighted by molar-refractivity contribution is -0.155. The van der Waals surface area contributed by atoms with E-state index in [1.807, 2.05) is 78.0 Å². The molecule has 0 bridgehead atoms. The summed E-state index contributed by atoms with van der Waals surface area (Å²) in [5.41, 5.74) is 17.6. The summed E-state index contributed by atoms with van der Waals surface area (Å²) in [6.45, 7) is 32.5. The van der Waals surface area contributed by atoms with Crippen LogP contribution in [0.3, 0.4) is 0 Å². The molecular formula is C103H158BrIN14O23. The molecule has 0 aromatic heterocycles. The zero-order valence-electron chi connectivity index (χ0n) is 86.1. The van der Waals surface area contributed by atoms with Crippen molar-refractivity contribution in [2.45, 2.75) is 303 Å². The van der Waals surface area contributed by atoms with Gasteiger partial charge in [0.05, 0.1) is 44.1 Å². The molecule has 1 aliphatic heterocycles. The lowest BCUT2D eigenvalue weighted by Crippen LogP contribution is -2.46.